The number of anilines is 1. The molecular weight excluding hydrogens is 316 g/mol. The lowest BCUT2D eigenvalue weighted by Crippen LogP contribution is -2.53. The number of imide groups is 1. The van der Waals surface area contributed by atoms with Crippen molar-refractivity contribution in [3.05, 3.63) is 29.3 Å². The molecule has 0 spiro atoms. The molecule has 1 fully saturated rings. The minimum atomic E-state index is -0.485. The summed E-state index contributed by atoms with van der Waals surface area (Å²) in [6, 6.07) is 5.49. The number of urea groups is 1. The van der Waals surface area contributed by atoms with Gasteiger partial charge >= 0.3 is 6.03 Å². The molecule has 1 aromatic carbocycles. The number of hydrogen-bond donors (Lipinski definition) is 3. The van der Waals surface area contributed by atoms with E-state index in [2.05, 4.69) is 27.8 Å². The molecule has 1 aliphatic rings. The summed E-state index contributed by atoms with van der Waals surface area (Å²) < 4.78 is 0. The molecule has 7 heteroatoms. The van der Waals surface area contributed by atoms with Crippen LogP contribution in [-0.4, -0.2) is 49.1 Å². The van der Waals surface area contributed by atoms with E-state index in [0.717, 1.165) is 36.4 Å². The number of hydrogen-bond acceptors (Lipinski definition) is 4. The lowest BCUT2D eigenvalue weighted by atomic mass is 10.1. The Balaban J connectivity index is 0.00000264. The van der Waals surface area contributed by atoms with E-state index in [1.165, 1.54) is 0 Å². The van der Waals surface area contributed by atoms with E-state index in [1.54, 1.807) is 0 Å². The zero-order valence-corrected chi connectivity index (χ0v) is 14.6. The van der Waals surface area contributed by atoms with Crippen molar-refractivity contribution in [2.24, 2.45) is 0 Å². The van der Waals surface area contributed by atoms with Gasteiger partial charge in [-0.25, -0.2) is 4.79 Å². The first kappa shape index (κ1) is 19.4. The second-order valence-corrected chi connectivity index (χ2v) is 5.77. The van der Waals surface area contributed by atoms with E-state index in [1.807, 2.05) is 32.0 Å². The molecule has 1 atom stereocenters. The standard InChI is InChI=1S/C16H24N4O2.ClH/c1-11-5-4-6-14(13(11)3)18-16(22)19-15(21)10-20-8-7-17-9-12(20)2;/h4-6,12,17H,7-10H2,1-3H3,(H2,18,19,21,22);1H/t12-;/m1./s1. The minimum absolute atomic E-state index is 0. The highest BCUT2D eigenvalue weighted by Gasteiger charge is 2.21. The van der Waals surface area contributed by atoms with E-state index in [4.69, 9.17) is 0 Å². The van der Waals surface area contributed by atoms with E-state index < -0.39 is 6.03 Å². The monoisotopic (exact) mass is 340 g/mol. The van der Waals surface area contributed by atoms with Crippen molar-refractivity contribution >= 4 is 30.0 Å². The third-order valence-electron chi connectivity index (χ3n) is 4.09. The maximum atomic E-state index is 12.0. The van der Waals surface area contributed by atoms with Crippen LogP contribution in [0.2, 0.25) is 0 Å². The number of halogens is 1. The van der Waals surface area contributed by atoms with Crippen molar-refractivity contribution in [2.75, 3.05) is 31.5 Å². The number of nitrogens with zero attached hydrogens (tertiary/aromatic N) is 1. The Morgan fingerprint density at radius 3 is 2.78 bits per heavy atom. The van der Waals surface area contributed by atoms with Crippen LogP contribution >= 0.6 is 12.4 Å². The summed E-state index contributed by atoms with van der Waals surface area (Å²) >= 11 is 0. The number of rotatable bonds is 3. The fraction of sp³-hybridized carbons (Fsp3) is 0.500. The highest BCUT2D eigenvalue weighted by atomic mass is 35.5. The first-order chi connectivity index (χ1) is 10.5. The van der Waals surface area contributed by atoms with E-state index in [-0.39, 0.29) is 24.9 Å². The van der Waals surface area contributed by atoms with Crippen LogP contribution in [0.1, 0.15) is 18.1 Å². The lowest BCUT2D eigenvalue weighted by molar-refractivity contribution is -0.121. The average Bonchev–Trinajstić information content (AvgIpc) is 2.46. The summed E-state index contributed by atoms with van der Waals surface area (Å²) in [5.41, 5.74) is 2.82. The highest BCUT2D eigenvalue weighted by molar-refractivity contribution is 6.02. The normalized spacial score (nSPS) is 18.0. The number of carbonyl (C=O) groups is 2. The Kier molecular flexibility index (Phi) is 7.48. The van der Waals surface area contributed by atoms with Crippen LogP contribution in [0.4, 0.5) is 10.5 Å². The van der Waals surface area contributed by atoms with E-state index in [0.29, 0.717) is 6.04 Å². The zero-order chi connectivity index (χ0) is 16.1. The molecule has 0 aromatic heterocycles. The summed E-state index contributed by atoms with van der Waals surface area (Å²) in [6.07, 6.45) is 0. The molecule has 3 N–H and O–H groups in total. The second kappa shape index (κ2) is 8.86. The zero-order valence-electron chi connectivity index (χ0n) is 13.8. The summed E-state index contributed by atoms with van der Waals surface area (Å²) in [5.74, 6) is -0.281. The highest BCUT2D eigenvalue weighted by Crippen LogP contribution is 2.17. The summed E-state index contributed by atoms with van der Waals surface area (Å²) in [4.78, 5) is 26.0. The van der Waals surface area contributed by atoms with Gasteiger partial charge in [-0.3, -0.25) is 15.0 Å². The van der Waals surface area contributed by atoms with Gasteiger partial charge in [0.25, 0.3) is 0 Å². The van der Waals surface area contributed by atoms with Crippen LogP contribution in [-0.2, 0) is 4.79 Å². The average molecular weight is 341 g/mol. The van der Waals surface area contributed by atoms with Crippen molar-refractivity contribution in [2.45, 2.75) is 26.8 Å². The molecule has 0 unspecified atom stereocenters. The molecule has 1 aliphatic heterocycles. The number of amides is 3. The molecule has 128 valence electrons. The van der Waals surface area contributed by atoms with E-state index >= 15 is 0 Å². The van der Waals surface area contributed by atoms with Crippen molar-refractivity contribution in [1.29, 1.82) is 0 Å². The lowest BCUT2D eigenvalue weighted by Gasteiger charge is -2.33. The first-order valence-corrected chi connectivity index (χ1v) is 7.59. The summed E-state index contributed by atoms with van der Waals surface area (Å²) in [5, 5.41) is 8.39. The van der Waals surface area contributed by atoms with Gasteiger partial charge in [-0.05, 0) is 38.0 Å². The van der Waals surface area contributed by atoms with Gasteiger partial charge in [-0.1, -0.05) is 12.1 Å². The predicted molar refractivity (Wildman–Crippen MR) is 94.2 cm³/mol. The van der Waals surface area contributed by atoms with Gasteiger partial charge in [-0.2, -0.15) is 0 Å². The Labute approximate surface area is 143 Å². The number of piperazine rings is 1. The van der Waals surface area contributed by atoms with Gasteiger partial charge in [0, 0.05) is 31.4 Å². The van der Waals surface area contributed by atoms with Crippen molar-refractivity contribution < 1.29 is 9.59 Å². The Hall–Kier alpha value is -1.63. The summed E-state index contributed by atoms with van der Waals surface area (Å²) in [7, 11) is 0. The fourth-order valence-electron chi connectivity index (χ4n) is 2.51. The Morgan fingerprint density at radius 2 is 2.09 bits per heavy atom. The largest absolute Gasteiger partial charge is 0.325 e. The van der Waals surface area contributed by atoms with Crippen molar-refractivity contribution in [3.63, 3.8) is 0 Å². The van der Waals surface area contributed by atoms with Crippen LogP contribution in [0.25, 0.3) is 0 Å². The third-order valence-corrected chi connectivity index (χ3v) is 4.09. The second-order valence-electron chi connectivity index (χ2n) is 5.77. The predicted octanol–water partition coefficient (Wildman–Crippen LogP) is 1.67. The van der Waals surface area contributed by atoms with Gasteiger partial charge < -0.3 is 10.6 Å². The molecule has 0 radical (unpaired) electrons. The maximum absolute atomic E-state index is 12.0. The Morgan fingerprint density at radius 1 is 1.35 bits per heavy atom. The SMILES string of the molecule is Cc1cccc(NC(=O)NC(=O)CN2CCNC[C@H]2C)c1C.Cl. The molecular formula is C16H25ClN4O2. The Bertz CT molecular complexity index is 565. The van der Waals surface area contributed by atoms with Gasteiger partial charge in [-0.15, -0.1) is 12.4 Å². The molecule has 1 aromatic rings. The number of benzene rings is 1. The topological polar surface area (TPSA) is 73.5 Å². The first-order valence-electron chi connectivity index (χ1n) is 7.59. The molecule has 0 bridgehead atoms. The smallest absolute Gasteiger partial charge is 0.314 e. The van der Waals surface area contributed by atoms with Gasteiger partial charge in [0.15, 0.2) is 0 Å². The molecule has 6 nitrogen and oxygen atoms in total. The fourth-order valence-corrected chi connectivity index (χ4v) is 2.51. The number of carbonyl (C=O) groups excluding carboxylic acids is 2. The number of nitrogens with one attached hydrogen (secondary N) is 3. The third kappa shape index (κ3) is 5.49. The van der Waals surface area contributed by atoms with Crippen molar-refractivity contribution in [1.82, 2.24) is 15.5 Å². The van der Waals surface area contributed by atoms with Gasteiger partial charge in [0.1, 0.15) is 0 Å². The molecule has 2 rings (SSSR count). The van der Waals surface area contributed by atoms with Crippen LogP contribution in [0.5, 0.6) is 0 Å². The number of aryl methyl sites for hydroxylation is 1. The van der Waals surface area contributed by atoms with Crippen LogP contribution in [0, 0.1) is 13.8 Å². The van der Waals surface area contributed by atoms with E-state index in [9.17, 15) is 9.59 Å². The molecule has 3 amide bonds. The molecule has 1 heterocycles. The minimum Gasteiger partial charge on any atom is -0.314 e. The maximum Gasteiger partial charge on any atom is 0.325 e. The summed E-state index contributed by atoms with van der Waals surface area (Å²) in [6.45, 7) is 8.77. The van der Waals surface area contributed by atoms with Crippen LogP contribution in [0.3, 0.4) is 0 Å². The van der Waals surface area contributed by atoms with Gasteiger partial charge in [0.05, 0.1) is 6.54 Å². The van der Waals surface area contributed by atoms with Gasteiger partial charge in [0.2, 0.25) is 5.91 Å². The molecule has 0 aliphatic carbocycles. The molecule has 0 saturated carbocycles. The van der Waals surface area contributed by atoms with Crippen LogP contribution in [0.15, 0.2) is 18.2 Å². The molecule has 1 saturated heterocycles. The molecule has 23 heavy (non-hydrogen) atoms. The van der Waals surface area contributed by atoms with Crippen LogP contribution < -0.4 is 16.0 Å². The quantitative estimate of drug-likeness (QED) is 0.782. The van der Waals surface area contributed by atoms with Crippen molar-refractivity contribution in [3.8, 4) is 0 Å².